The lowest BCUT2D eigenvalue weighted by Gasteiger charge is -2.15. The van der Waals surface area contributed by atoms with Crippen LogP contribution in [0.1, 0.15) is 19.4 Å². The summed E-state index contributed by atoms with van der Waals surface area (Å²) in [4.78, 5) is 12.1. The molecule has 0 saturated heterocycles. The quantitative estimate of drug-likeness (QED) is 0.862. The van der Waals surface area contributed by atoms with E-state index in [1.165, 1.54) is 5.56 Å². The van der Waals surface area contributed by atoms with Gasteiger partial charge in [0, 0.05) is 16.4 Å². The molecule has 0 aliphatic carbocycles. The first-order valence-electron chi connectivity index (χ1n) is 7.00. The number of hydrogen-bond donors (Lipinski definition) is 2. The Morgan fingerprint density at radius 3 is 2.19 bits per heavy atom. The van der Waals surface area contributed by atoms with Crippen LogP contribution in [0.25, 0.3) is 0 Å². The summed E-state index contributed by atoms with van der Waals surface area (Å²) in [7, 11) is 0. The van der Waals surface area contributed by atoms with Gasteiger partial charge in [0.05, 0.1) is 0 Å². The number of halogens is 1. The molecule has 0 unspecified atom stereocenters. The zero-order valence-electron chi connectivity index (χ0n) is 12.2. The van der Waals surface area contributed by atoms with Crippen molar-refractivity contribution in [1.29, 1.82) is 0 Å². The first-order valence-corrected chi connectivity index (χ1v) is 7.38. The molecule has 0 aliphatic rings. The van der Waals surface area contributed by atoms with Crippen LogP contribution in [0.2, 0.25) is 5.02 Å². The molecule has 0 fully saturated rings. The third-order valence-electron chi connectivity index (χ3n) is 3.25. The second-order valence-electron chi connectivity index (χ2n) is 4.91. The van der Waals surface area contributed by atoms with Crippen LogP contribution in [-0.4, -0.2) is 11.9 Å². The van der Waals surface area contributed by atoms with E-state index in [1.54, 1.807) is 12.1 Å². The summed E-state index contributed by atoms with van der Waals surface area (Å²) < 4.78 is 0. The van der Waals surface area contributed by atoms with Gasteiger partial charge < -0.3 is 10.6 Å². The molecule has 0 aromatic heterocycles. The Morgan fingerprint density at radius 2 is 1.62 bits per heavy atom. The Morgan fingerprint density at radius 1 is 1.05 bits per heavy atom. The molecule has 0 aliphatic heterocycles. The Kier molecular flexibility index (Phi) is 5.23. The molecule has 0 radical (unpaired) electrons. The average molecular weight is 303 g/mol. The Hall–Kier alpha value is -2.00. The minimum absolute atomic E-state index is 0.0748. The highest BCUT2D eigenvalue weighted by atomic mass is 35.5. The van der Waals surface area contributed by atoms with Crippen molar-refractivity contribution in [2.45, 2.75) is 26.3 Å². The SMILES string of the molecule is CCc1ccc(NC(=O)[C@@H](C)Nc2ccc(Cl)cc2)cc1. The summed E-state index contributed by atoms with van der Waals surface area (Å²) in [5, 5.41) is 6.71. The highest BCUT2D eigenvalue weighted by Gasteiger charge is 2.12. The fraction of sp³-hybridized carbons (Fsp3) is 0.235. The van der Waals surface area contributed by atoms with Crippen molar-refractivity contribution in [3.63, 3.8) is 0 Å². The molecule has 0 spiro atoms. The molecule has 3 nitrogen and oxygen atoms in total. The number of benzene rings is 2. The van der Waals surface area contributed by atoms with E-state index in [0.29, 0.717) is 5.02 Å². The van der Waals surface area contributed by atoms with Gasteiger partial charge in [-0.15, -0.1) is 0 Å². The fourth-order valence-corrected chi connectivity index (χ4v) is 2.06. The Bertz CT molecular complexity index is 593. The standard InChI is InChI=1S/C17H19ClN2O/c1-3-13-4-8-16(9-5-13)20-17(21)12(2)19-15-10-6-14(18)7-11-15/h4-12,19H,3H2,1-2H3,(H,20,21)/t12-/m1/s1. The van der Waals surface area contributed by atoms with Crippen molar-refractivity contribution in [2.75, 3.05) is 10.6 Å². The summed E-state index contributed by atoms with van der Waals surface area (Å²) in [6.45, 7) is 3.93. The molecule has 1 atom stereocenters. The maximum absolute atomic E-state index is 12.1. The monoisotopic (exact) mass is 302 g/mol. The van der Waals surface area contributed by atoms with Gasteiger partial charge in [0.15, 0.2) is 0 Å². The Labute approximate surface area is 130 Å². The van der Waals surface area contributed by atoms with Crippen LogP contribution in [0.4, 0.5) is 11.4 Å². The van der Waals surface area contributed by atoms with Crippen molar-refractivity contribution in [3.8, 4) is 0 Å². The lowest BCUT2D eigenvalue weighted by molar-refractivity contribution is -0.116. The zero-order valence-corrected chi connectivity index (χ0v) is 12.9. The third-order valence-corrected chi connectivity index (χ3v) is 3.50. The van der Waals surface area contributed by atoms with Gasteiger partial charge in [0.2, 0.25) is 5.91 Å². The Balaban J connectivity index is 1.93. The van der Waals surface area contributed by atoms with Crippen LogP contribution in [0.15, 0.2) is 48.5 Å². The predicted molar refractivity (Wildman–Crippen MR) is 89.0 cm³/mol. The maximum Gasteiger partial charge on any atom is 0.246 e. The van der Waals surface area contributed by atoms with E-state index >= 15 is 0 Å². The number of aryl methyl sites for hydroxylation is 1. The molecule has 2 aromatic carbocycles. The average Bonchev–Trinajstić information content (AvgIpc) is 2.50. The van der Waals surface area contributed by atoms with Crippen LogP contribution in [0, 0.1) is 0 Å². The lowest BCUT2D eigenvalue weighted by atomic mass is 10.1. The van der Waals surface area contributed by atoms with Crippen molar-refractivity contribution < 1.29 is 4.79 Å². The number of carbonyl (C=O) groups excluding carboxylic acids is 1. The van der Waals surface area contributed by atoms with E-state index in [-0.39, 0.29) is 11.9 Å². The van der Waals surface area contributed by atoms with Gasteiger partial charge in [0.1, 0.15) is 6.04 Å². The van der Waals surface area contributed by atoms with Crippen molar-refractivity contribution >= 4 is 28.9 Å². The molecule has 2 N–H and O–H groups in total. The molecule has 2 rings (SSSR count). The largest absolute Gasteiger partial charge is 0.374 e. The van der Waals surface area contributed by atoms with Crippen LogP contribution >= 0.6 is 11.6 Å². The van der Waals surface area contributed by atoms with Gasteiger partial charge in [-0.3, -0.25) is 4.79 Å². The molecule has 1 amide bonds. The van der Waals surface area contributed by atoms with E-state index in [0.717, 1.165) is 17.8 Å². The number of amides is 1. The molecule has 21 heavy (non-hydrogen) atoms. The van der Waals surface area contributed by atoms with Crippen molar-refractivity contribution in [1.82, 2.24) is 0 Å². The van der Waals surface area contributed by atoms with Gasteiger partial charge >= 0.3 is 0 Å². The number of nitrogens with one attached hydrogen (secondary N) is 2. The lowest BCUT2D eigenvalue weighted by Crippen LogP contribution is -2.31. The molecule has 0 saturated carbocycles. The topological polar surface area (TPSA) is 41.1 Å². The molecule has 0 heterocycles. The maximum atomic E-state index is 12.1. The molecular formula is C17H19ClN2O. The first kappa shape index (κ1) is 15.4. The van der Waals surface area contributed by atoms with Crippen LogP contribution in [0.5, 0.6) is 0 Å². The van der Waals surface area contributed by atoms with Gasteiger partial charge in [-0.25, -0.2) is 0 Å². The molecule has 0 bridgehead atoms. The molecule has 110 valence electrons. The zero-order chi connectivity index (χ0) is 15.2. The van der Waals surface area contributed by atoms with Gasteiger partial charge in [-0.1, -0.05) is 30.7 Å². The minimum atomic E-state index is -0.336. The van der Waals surface area contributed by atoms with E-state index in [1.807, 2.05) is 43.3 Å². The van der Waals surface area contributed by atoms with Crippen LogP contribution in [-0.2, 0) is 11.2 Å². The summed E-state index contributed by atoms with van der Waals surface area (Å²) in [6, 6.07) is 14.8. The number of anilines is 2. The molecule has 2 aromatic rings. The van der Waals surface area contributed by atoms with Gasteiger partial charge in [-0.2, -0.15) is 0 Å². The summed E-state index contributed by atoms with van der Waals surface area (Å²) in [5.41, 5.74) is 2.92. The summed E-state index contributed by atoms with van der Waals surface area (Å²) in [5.74, 6) is -0.0748. The highest BCUT2D eigenvalue weighted by molar-refractivity contribution is 6.30. The number of hydrogen-bond acceptors (Lipinski definition) is 2. The number of rotatable bonds is 5. The third kappa shape index (κ3) is 4.50. The van der Waals surface area contributed by atoms with Crippen LogP contribution in [0.3, 0.4) is 0 Å². The first-order chi connectivity index (χ1) is 10.1. The van der Waals surface area contributed by atoms with Gasteiger partial charge in [0.25, 0.3) is 0 Å². The van der Waals surface area contributed by atoms with E-state index in [4.69, 9.17) is 11.6 Å². The smallest absolute Gasteiger partial charge is 0.246 e. The second-order valence-corrected chi connectivity index (χ2v) is 5.35. The fourth-order valence-electron chi connectivity index (χ4n) is 1.94. The highest BCUT2D eigenvalue weighted by Crippen LogP contribution is 2.15. The summed E-state index contributed by atoms with van der Waals surface area (Å²) in [6.07, 6.45) is 0.989. The predicted octanol–water partition coefficient (Wildman–Crippen LogP) is 4.34. The minimum Gasteiger partial charge on any atom is -0.374 e. The normalized spacial score (nSPS) is 11.8. The van der Waals surface area contributed by atoms with Crippen LogP contribution < -0.4 is 10.6 Å². The molecule has 4 heteroatoms. The van der Waals surface area contributed by atoms with Gasteiger partial charge in [-0.05, 0) is 55.3 Å². The number of carbonyl (C=O) groups is 1. The van der Waals surface area contributed by atoms with Crippen molar-refractivity contribution in [2.24, 2.45) is 0 Å². The summed E-state index contributed by atoms with van der Waals surface area (Å²) >= 11 is 5.84. The van der Waals surface area contributed by atoms with E-state index in [9.17, 15) is 4.79 Å². The molecular weight excluding hydrogens is 284 g/mol. The van der Waals surface area contributed by atoms with Crippen molar-refractivity contribution in [3.05, 3.63) is 59.1 Å². The van der Waals surface area contributed by atoms with E-state index in [2.05, 4.69) is 17.6 Å². The van der Waals surface area contributed by atoms with E-state index < -0.39 is 0 Å². The second kappa shape index (κ2) is 7.14.